The van der Waals surface area contributed by atoms with Gasteiger partial charge in [-0.1, -0.05) is 49.7 Å². The summed E-state index contributed by atoms with van der Waals surface area (Å²) in [5.74, 6) is -0.413. The second-order valence-electron chi connectivity index (χ2n) is 8.58. The number of carboxylic acids is 1. The maximum absolute atomic E-state index is 12.0. The fourth-order valence-electron chi connectivity index (χ4n) is 4.65. The van der Waals surface area contributed by atoms with Crippen molar-refractivity contribution < 1.29 is 9.90 Å². The molecule has 3 aromatic rings. The number of aromatic nitrogens is 5. The number of nitrogens with zero attached hydrogens (tertiary/aromatic N) is 5. The molecule has 1 saturated heterocycles. The van der Waals surface area contributed by atoms with Gasteiger partial charge in [-0.15, -0.1) is 10.2 Å². The smallest absolute Gasteiger partial charge is 0.307 e. The zero-order chi connectivity index (χ0) is 23.2. The minimum absolute atomic E-state index is 0.0856. The number of pyridine rings is 1. The van der Waals surface area contributed by atoms with Gasteiger partial charge < -0.3 is 15.3 Å². The second kappa shape index (κ2) is 10.5. The Hall–Kier alpha value is -3.33. The Bertz CT molecular complexity index is 1020. The fourth-order valence-corrected chi connectivity index (χ4v) is 4.65. The molecule has 1 fully saturated rings. The molecule has 3 heterocycles. The molecule has 33 heavy (non-hydrogen) atoms. The van der Waals surface area contributed by atoms with Gasteiger partial charge in [0.2, 0.25) is 0 Å². The number of rotatable bonds is 9. The Morgan fingerprint density at radius 3 is 2.42 bits per heavy atom. The Morgan fingerprint density at radius 2 is 1.85 bits per heavy atom. The topological polar surface area (TPSA) is 120 Å². The Kier molecular flexibility index (Phi) is 7.29. The number of benzene rings is 1. The van der Waals surface area contributed by atoms with Gasteiger partial charge in [0.05, 0.1) is 5.92 Å². The summed E-state index contributed by atoms with van der Waals surface area (Å²) in [6, 6.07) is 12.4. The van der Waals surface area contributed by atoms with Crippen molar-refractivity contribution in [1.82, 2.24) is 30.9 Å². The third-order valence-electron chi connectivity index (χ3n) is 6.51. The summed E-state index contributed by atoms with van der Waals surface area (Å²) in [6.45, 7) is 7.92. The number of piperazine rings is 1. The normalized spacial score (nSPS) is 16.8. The average molecular weight is 450 g/mol. The number of carboxylic acid groups (broad SMARTS) is 1. The maximum Gasteiger partial charge on any atom is 0.307 e. The fraction of sp³-hybridized carbons (Fsp3) is 0.458. The number of H-pyrrole nitrogens is 1. The number of aliphatic carboxylic acids is 1. The van der Waals surface area contributed by atoms with Gasteiger partial charge in [-0.3, -0.25) is 4.79 Å². The number of carbonyl (C=O) groups is 1. The predicted molar refractivity (Wildman–Crippen MR) is 126 cm³/mol. The van der Waals surface area contributed by atoms with Gasteiger partial charge in [-0.05, 0) is 35.6 Å². The molecule has 3 unspecified atom stereocenters. The largest absolute Gasteiger partial charge is 0.481 e. The summed E-state index contributed by atoms with van der Waals surface area (Å²) in [6.07, 6.45) is 3.25. The van der Waals surface area contributed by atoms with Crippen molar-refractivity contribution in [3.63, 3.8) is 0 Å². The molecule has 9 nitrogen and oxygen atoms in total. The molecule has 9 heteroatoms. The highest BCUT2D eigenvalue weighted by atomic mass is 16.4. The van der Waals surface area contributed by atoms with Crippen molar-refractivity contribution in [2.75, 3.05) is 31.1 Å². The van der Waals surface area contributed by atoms with E-state index < -0.39 is 11.9 Å². The molecule has 0 amide bonds. The highest BCUT2D eigenvalue weighted by Gasteiger charge is 2.36. The molecule has 3 N–H and O–H groups in total. The zero-order valence-corrected chi connectivity index (χ0v) is 19.1. The third-order valence-corrected chi connectivity index (χ3v) is 6.51. The van der Waals surface area contributed by atoms with E-state index >= 15 is 0 Å². The number of aromatic amines is 1. The Labute approximate surface area is 193 Å². The number of nitrogens with one attached hydrogen (secondary N) is 2. The molecule has 3 atom stereocenters. The lowest BCUT2D eigenvalue weighted by atomic mass is 9.76. The van der Waals surface area contributed by atoms with Crippen LogP contribution in [0.15, 0.2) is 42.6 Å². The Morgan fingerprint density at radius 1 is 1.12 bits per heavy atom. The van der Waals surface area contributed by atoms with Gasteiger partial charge in [-0.2, -0.15) is 5.21 Å². The monoisotopic (exact) mass is 449 g/mol. The first-order chi connectivity index (χ1) is 16.1. The summed E-state index contributed by atoms with van der Waals surface area (Å²) in [5, 5.41) is 27.7. The van der Waals surface area contributed by atoms with Crippen LogP contribution < -0.4 is 10.2 Å². The number of hydrogen-bond acceptors (Lipinski definition) is 7. The standard InChI is InChI=1S/C24H31N7O2/c1-3-4-20(24(32)33)22(23-27-29-30-28-23)16(2)17-5-7-18(8-6-17)19-9-10-21(26-15-19)31-13-11-25-12-14-31/h5-10,15-16,20,22,25H,3-4,11-14H2,1-2H3,(H,32,33)(H,27,28,29,30). The van der Waals surface area contributed by atoms with Gasteiger partial charge in [0.15, 0.2) is 5.82 Å². The van der Waals surface area contributed by atoms with Crippen molar-refractivity contribution in [2.24, 2.45) is 5.92 Å². The van der Waals surface area contributed by atoms with E-state index in [1.165, 1.54) is 0 Å². The van der Waals surface area contributed by atoms with E-state index in [0.717, 1.165) is 55.1 Å². The van der Waals surface area contributed by atoms with Crippen LogP contribution in [-0.2, 0) is 4.79 Å². The van der Waals surface area contributed by atoms with Crippen LogP contribution in [0.1, 0.15) is 49.9 Å². The lowest BCUT2D eigenvalue weighted by Crippen LogP contribution is -2.43. The molecule has 0 spiro atoms. The molecule has 0 radical (unpaired) electrons. The lowest BCUT2D eigenvalue weighted by molar-refractivity contribution is -0.143. The van der Waals surface area contributed by atoms with E-state index in [2.05, 4.69) is 72.2 Å². The van der Waals surface area contributed by atoms with Crippen LogP contribution in [0.5, 0.6) is 0 Å². The third kappa shape index (κ3) is 5.19. The van der Waals surface area contributed by atoms with Gasteiger partial charge in [0, 0.05) is 43.9 Å². The van der Waals surface area contributed by atoms with Gasteiger partial charge in [0.1, 0.15) is 5.82 Å². The van der Waals surface area contributed by atoms with Crippen LogP contribution in [0.25, 0.3) is 11.1 Å². The first-order valence-corrected chi connectivity index (χ1v) is 11.6. The summed E-state index contributed by atoms with van der Waals surface area (Å²) in [5.41, 5.74) is 3.17. The van der Waals surface area contributed by atoms with Gasteiger partial charge in [0.25, 0.3) is 0 Å². The zero-order valence-electron chi connectivity index (χ0n) is 19.1. The van der Waals surface area contributed by atoms with Crippen LogP contribution in [0.4, 0.5) is 5.82 Å². The molecule has 174 valence electrons. The summed E-state index contributed by atoms with van der Waals surface area (Å²) < 4.78 is 0. The molecular formula is C24H31N7O2. The molecule has 2 aromatic heterocycles. The molecule has 1 aliphatic heterocycles. The van der Waals surface area contributed by atoms with Gasteiger partial charge >= 0.3 is 5.97 Å². The first kappa shape index (κ1) is 22.8. The molecular weight excluding hydrogens is 418 g/mol. The van der Waals surface area contributed by atoms with Crippen LogP contribution in [-0.4, -0.2) is 62.9 Å². The van der Waals surface area contributed by atoms with Crippen LogP contribution in [0.3, 0.4) is 0 Å². The molecule has 4 rings (SSSR count). The highest BCUT2D eigenvalue weighted by Crippen LogP contribution is 2.39. The number of anilines is 1. The van der Waals surface area contributed by atoms with E-state index in [0.29, 0.717) is 12.2 Å². The molecule has 0 aliphatic carbocycles. The minimum Gasteiger partial charge on any atom is -0.481 e. The van der Waals surface area contributed by atoms with Crippen molar-refractivity contribution in [3.05, 3.63) is 54.0 Å². The van der Waals surface area contributed by atoms with Crippen molar-refractivity contribution in [1.29, 1.82) is 0 Å². The van der Waals surface area contributed by atoms with Gasteiger partial charge in [-0.25, -0.2) is 4.98 Å². The van der Waals surface area contributed by atoms with E-state index in [9.17, 15) is 9.90 Å². The van der Waals surface area contributed by atoms with E-state index in [1.807, 2.05) is 20.0 Å². The van der Waals surface area contributed by atoms with Crippen LogP contribution in [0.2, 0.25) is 0 Å². The maximum atomic E-state index is 12.0. The van der Waals surface area contributed by atoms with E-state index in [1.54, 1.807) is 0 Å². The SMILES string of the molecule is CCCC(C(=O)O)C(c1nn[nH]n1)C(C)c1ccc(-c2ccc(N3CCNCC3)nc2)cc1. The Balaban J connectivity index is 1.54. The highest BCUT2D eigenvalue weighted by molar-refractivity contribution is 5.71. The molecule has 1 aliphatic rings. The van der Waals surface area contributed by atoms with E-state index in [-0.39, 0.29) is 11.8 Å². The quantitative estimate of drug-likeness (QED) is 0.456. The minimum atomic E-state index is -0.828. The molecule has 1 aromatic carbocycles. The number of tetrazole rings is 1. The van der Waals surface area contributed by atoms with Crippen molar-refractivity contribution in [3.8, 4) is 11.1 Å². The first-order valence-electron chi connectivity index (χ1n) is 11.6. The van der Waals surface area contributed by atoms with Crippen molar-refractivity contribution >= 4 is 11.8 Å². The summed E-state index contributed by atoms with van der Waals surface area (Å²) in [7, 11) is 0. The lowest BCUT2D eigenvalue weighted by Gasteiger charge is -2.28. The second-order valence-corrected chi connectivity index (χ2v) is 8.58. The molecule has 0 bridgehead atoms. The predicted octanol–water partition coefficient (Wildman–Crippen LogP) is 3.06. The van der Waals surface area contributed by atoms with E-state index in [4.69, 9.17) is 0 Å². The van der Waals surface area contributed by atoms with Crippen LogP contribution in [0, 0.1) is 5.92 Å². The van der Waals surface area contributed by atoms with Crippen molar-refractivity contribution in [2.45, 2.75) is 38.5 Å². The van der Waals surface area contributed by atoms with Crippen LogP contribution >= 0.6 is 0 Å². The summed E-state index contributed by atoms with van der Waals surface area (Å²) in [4.78, 5) is 19.0. The molecule has 0 saturated carbocycles. The number of hydrogen-bond donors (Lipinski definition) is 3. The average Bonchev–Trinajstić information content (AvgIpc) is 3.39. The summed E-state index contributed by atoms with van der Waals surface area (Å²) >= 11 is 0.